The summed E-state index contributed by atoms with van der Waals surface area (Å²) in [6, 6.07) is 0.879. The predicted molar refractivity (Wildman–Crippen MR) is 60.0 cm³/mol. The number of nitrogens with one attached hydrogen (secondary N) is 1. The van der Waals surface area contributed by atoms with Gasteiger partial charge in [0, 0.05) is 38.3 Å². The molecular formula is C11H21F3N2O. The van der Waals surface area contributed by atoms with E-state index in [1.54, 1.807) is 0 Å². The highest BCUT2D eigenvalue weighted by Gasteiger charge is 2.27. The van der Waals surface area contributed by atoms with Crippen molar-refractivity contribution in [2.45, 2.75) is 38.5 Å². The van der Waals surface area contributed by atoms with Crippen molar-refractivity contribution in [3.63, 3.8) is 0 Å². The summed E-state index contributed by atoms with van der Waals surface area (Å²) in [5.41, 5.74) is 0. The SMILES string of the molecule is CC1CN(CCCOCC(F)(F)F)CC(C)N1. The summed E-state index contributed by atoms with van der Waals surface area (Å²) in [5.74, 6) is 0. The van der Waals surface area contributed by atoms with Gasteiger partial charge in [-0.15, -0.1) is 0 Å². The molecule has 0 saturated carbocycles. The molecule has 6 heteroatoms. The molecule has 1 rings (SSSR count). The number of rotatable bonds is 5. The zero-order valence-electron chi connectivity index (χ0n) is 10.4. The molecule has 1 aliphatic heterocycles. The lowest BCUT2D eigenvalue weighted by Gasteiger charge is -2.36. The van der Waals surface area contributed by atoms with Crippen LogP contribution in [0.5, 0.6) is 0 Å². The standard InChI is InChI=1S/C11H21F3N2O/c1-9-6-16(7-10(2)15-9)4-3-5-17-8-11(12,13)14/h9-10,15H,3-8H2,1-2H3. The van der Waals surface area contributed by atoms with Crippen molar-refractivity contribution in [3.05, 3.63) is 0 Å². The normalized spacial score (nSPS) is 27.4. The molecule has 1 saturated heterocycles. The van der Waals surface area contributed by atoms with E-state index in [0.717, 1.165) is 19.6 Å². The molecular weight excluding hydrogens is 233 g/mol. The molecule has 1 heterocycles. The minimum atomic E-state index is -4.21. The van der Waals surface area contributed by atoms with Gasteiger partial charge in [-0.05, 0) is 20.3 Å². The molecule has 0 aliphatic carbocycles. The van der Waals surface area contributed by atoms with Crippen LogP contribution in [0.1, 0.15) is 20.3 Å². The highest BCUT2D eigenvalue weighted by Crippen LogP contribution is 2.14. The molecule has 1 fully saturated rings. The van der Waals surface area contributed by atoms with Crippen molar-refractivity contribution >= 4 is 0 Å². The van der Waals surface area contributed by atoms with Gasteiger partial charge in [0.2, 0.25) is 0 Å². The first-order valence-electron chi connectivity index (χ1n) is 6.00. The summed E-state index contributed by atoms with van der Waals surface area (Å²) in [4.78, 5) is 2.27. The van der Waals surface area contributed by atoms with Gasteiger partial charge in [-0.1, -0.05) is 0 Å². The maximum absolute atomic E-state index is 11.8. The van der Waals surface area contributed by atoms with Gasteiger partial charge in [0.05, 0.1) is 0 Å². The van der Waals surface area contributed by atoms with Crippen LogP contribution in [0.25, 0.3) is 0 Å². The second-order valence-corrected chi connectivity index (χ2v) is 4.75. The lowest BCUT2D eigenvalue weighted by atomic mass is 10.1. The Morgan fingerprint density at radius 3 is 2.35 bits per heavy atom. The Bertz CT molecular complexity index is 213. The molecule has 1 aliphatic rings. The lowest BCUT2D eigenvalue weighted by Crippen LogP contribution is -2.54. The lowest BCUT2D eigenvalue weighted by molar-refractivity contribution is -0.174. The van der Waals surface area contributed by atoms with Crippen molar-refractivity contribution in [1.82, 2.24) is 10.2 Å². The number of nitrogens with zero attached hydrogens (tertiary/aromatic N) is 1. The van der Waals surface area contributed by atoms with Gasteiger partial charge in [0.25, 0.3) is 0 Å². The van der Waals surface area contributed by atoms with Gasteiger partial charge in [-0.3, -0.25) is 0 Å². The molecule has 0 amide bonds. The van der Waals surface area contributed by atoms with Crippen molar-refractivity contribution in [3.8, 4) is 0 Å². The van der Waals surface area contributed by atoms with E-state index in [1.807, 2.05) is 0 Å². The first-order valence-corrected chi connectivity index (χ1v) is 6.00. The number of hydrogen-bond donors (Lipinski definition) is 1. The molecule has 0 radical (unpaired) electrons. The van der Waals surface area contributed by atoms with Crippen LogP contribution in [0.2, 0.25) is 0 Å². The Morgan fingerprint density at radius 1 is 1.24 bits per heavy atom. The van der Waals surface area contributed by atoms with Crippen molar-refractivity contribution in [2.75, 3.05) is 32.8 Å². The van der Waals surface area contributed by atoms with E-state index in [1.165, 1.54) is 0 Å². The number of alkyl halides is 3. The van der Waals surface area contributed by atoms with E-state index in [9.17, 15) is 13.2 Å². The topological polar surface area (TPSA) is 24.5 Å². The summed E-state index contributed by atoms with van der Waals surface area (Å²) >= 11 is 0. The average Bonchev–Trinajstić information content (AvgIpc) is 2.13. The summed E-state index contributed by atoms with van der Waals surface area (Å²) < 4.78 is 40.0. The predicted octanol–water partition coefficient (Wildman–Crippen LogP) is 1.64. The summed E-state index contributed by atoms with van der Waals surface area (Å²) in [6.45, 7) is 5.96. The third kappa shape index (κ3) is 6.85. The Kier molecular flexibility index (Phi) is 5.69. The minimum absolute atomic E-state index is 0.173. The second-order valence-electron chi connectivity index (χ2n) is 4.75. The zero-order chi connectivity index (χ0) is 12.9. The molecule has 17 heavy (non-hydrogen) atoms. The quantitative estimate of drug-likeness (QED) is 0.755. The molecule has 2 unspecified atom stereocenters. The van der Waals surface area contributed by atoms with Gasteiger partial charge in [0.15, 0.2) is 0 Å². The highest BCUT2D eigenvalue weighted by atomic mass is 19.4. The Balaban J connectivity index is 2.06. The van der Waals surface area contributed by atoms with Gasteiger partial charge in [-0.2, -0.15) is 13.2 Å². The number of halogens is 3. The molecule has 0 bridgehead atoms. The van der Waals surface area contributed by atoms with Crippen LogP contribution in [-0.4, -0.2) is 56.0 Å². The molecule has 0 aromatic rings. The largest absolute Gasteiger partial charge is 0.411 e. The van der Waals surface area contributed by atoms with Gasteiger partial charge >= 0.3 is 6.18 Å². The second kappa shape index (κ2) is 6.56. The molecule has 102 valence electrons. The van der Waals surface area contributed by atoms with Crippen LogP contribution in [0.4, 0.5) is 13.2 Å². The van der Waals surface area contributed by atoms with E-state index in [2.05, 4.69) is 28.8 Å². The zero-order valence-corrected chi connectivity index (χ0v) is 10.4. The van der Waals surface area contributed by atoms with Crippen molar-refractivity contribution in [2.24, 2.45) is 0 Å². The van der Waals surface area contributed by atoms with Crippen LogP contribution in [0, 0.1) is 0 Å². The molecule has 1 N–H and O–H groups in total. The van der Waals surface area contributed by atoms with Crippen LogP contribution in [0.3, 0.4) is 0 Å². The monoisotopic (exact) mass is 254 g/mol. The maximum Gasteiger partial charge on any atom is 0.411 e. The number of piperazine rings is 1. The van der Waals surface area contributed by atoms with E-state index >= 15 is 0 Å². The maximum atomic E-state index is 11.8. The van der Waals surface area contributed by atoms with Gasteiger partial charge in [-0.25, -0.2) is 0 Å². The summed E-state index contributed by atoms with van der Waals surface area (Å²) in [6.07, 6.45) is -3.56. The van der Waals surface area contributed by atoms with Gasteiger partial charge < -0.3 is 15.0 Å². The third-order valence-corrected chi connectivity index (χ3v) is 2.66. The Morgan fingerprint density at radius 2 is 1.82 bits per heavy atom. The van der Waals surface area contributed by atoms with Crippen molar-refractivity contribution < 1.29 is 17.9 Å². The highest BCUT2D eigenvalue weighted by molar-refractivity contribution is 4.80. The fraction of sp³-hybridized carbons (Fsp3) is 1.00. The fourth-order valence-corrected chi connectivity index (χ4v) is 2.20. The minimum Gasteiger partial charge on any atom is -0.372 e. The molecule has 3 nitrogen and oxygen atoms in total. The number of ether oxygens (including phenoxy) is 1. The van der Waals surface area contributed by atoms with Gasteiger partial charge in [0.1, 0.15) is 6.61 Å². The Hall–Kier alpha value is -0.330. The smallest absolute Gasteiger partial charge is 0.372 e. The molecule has 0 aromatic carbocycles. The molecule has 0 aromatic heterocycles. The third-order valence-electron chi connectivity index (χ3n) is 2.66. The summed E-state index contributed by atoms with van der Waals surface area (Å²) in [5, 5.41) is 3.41. The molecule has 2 atom stereocenters. The van der Waals surface area contributed by atoms with Crippen LogP contribution in [0.15, 0.2) is 0 Å². The number of hydrogen-bond acceptors (Lipinski definition) is 3. The van der Waals surface area contributed by atoms with E-state index in [4.69, 9.17) is 0 Å². The van der Waals surface area contributed by atoms with Crippen LogP contribution < -0.4 is 5.32 Å². The van der Waals surface area contributed by atoms with Crippen molar-refractivity contribution in [1.29, 1.82) is 0 Å². The fourth-order valence-electron chi connectivity index (χ4n) is 2.20. The van der Waals surface area contributed by atoms with Crippen LogP contribution in [-0.2, 0) is 4.74 Å². The summed E-state index contributed by atoms with van der Waals surface area (Å²) in [7, 11) is 0. The molecule has 0 spiro atoms. The average molecular weight is 254 g/mol. The van der Waals surface area contributed by atoms with E-state index < -0.39 is 12.8 Å². The van der Waals surface area contributed by atoms with E-state index in [-0.39, 0.29) is 6.61 Å². The Labute approximate surface area is 100 Å². The van der Waals surface area contributed by atoms with E-state index in [0.29, 0.717) is 18.5 Å². The first-order chi connectivity index (χ1) is 7.87. The van der Waals surface area contributed by atoms with Crippen LogP contribution >= 0.6 is 0 Å². The first kappa shape index (κ1) is 14.7.